The molecule has 0 radical (unpaired) electrons. The van der Waals surface area contributed by atoms with Gasteiger partial charge in [-0.2, -0.15) is 5.26 Å². The van der Waals surface area contributed by atoms with Gasteiger partial charge in [-0.25, -0.2) is 0 Å². The first-order chi connectivity index (χ1) is 9.16. The molecule has 0 bridgehead atoms. The number of hydrogen-bond donors (Lipinski definition) is 0. The number of ether oxygens (including phenoxy) is 1. The molecule has 3 heteroatoms. The minimum absolute atomic E-state index is 0.344. The molecule has 19 heavy (non-hydrogen) atoms. The zero-order valence-corrected chi connectivity index (χ0v) is 12.8. The van der Waals surface area contributed by atoms with Crippen molar-refractivity contribution in [1.29, 1.82) is 5.26 Å². The van der Waals surface area contributed by atoms with Gasteiger partial charge < -0.3 is 4.74 Å². The molecule has 0 aromatic rings. The molecule has 0 amide bonds. The van der Waals surface area contributed by atoms with Gasteiger partial charge in [-0.1, -0.05) is 65.2 Å². The van der Waals surface area contributed by atoms with Crippen LogP contribution in [0, 0.1) is 16.7 Å². The maximum Gasteiger partial charge on any atom is 0.326 e. The predicted octanol–water partition coefficient (Wildman–Crippen LogP) is 4.61. The Morgan fingerprint density at radius 2 is 1.47 bits per heavy atom. The van der Waals surface area contributed by atoms with Gasteiger partial charge in [0.25, 0.3) is 0 Å². The van der Waals surface area contributed by atoms with E-state index in [4.69, 9.17) is 4.74 Å². The van der Waals surface area contributed by atoms with Crippen molar-refractivity contribution in [2.45, 2.75) is 78.1 Å². The van der Waals surface area contributed by atoms with Crippen LogP contribution in [-0.2, 0) is 9.53 Å². The van der Waals surface area contributed by atoms with E-state index in [-0.39, 0.29) is 5.97 Å². The van der Waals surface area contributed by atoms with Gasteiger partial charge in [0.15, 0.2) is 5.41 Å². The topological polar surface area (TPSA) is 50.1 Å². The Balaban J connectivity index is 4.43. The second-order valence-electron chi connectivity index (χ2n) is 5.31. The van der Waals surface area contributed by atoms with Crippen LogP contribution < -0.4 is 0 Å². The normalized spacial score (nSPS) is 11.1. The standard InChI is InChI=1S/C16H29NO2/c1-4-6-8-10-12-16(14-17,15(18)19-3)13-11-9-7-5-2/h4-13H2,1-3H3. The Kier molecular flexibility index (Phi) is 10.2. The summed E-state index contributed by atoms with van der Waals surface area (Å²) in [5.74, 6) is -0.344. The number of nitriles is 1. The minimum atomic E-state index is -0.907. The summed E-state index contributed by atoms with van der Waals surface area (Å²) >= 11 is 0. The van der Waals surface area contributed by atoms with E-state index in [1.165, 1.54) is 20.0 Å². The van der Waals surface area contributed by atoms with Gasteiger partial charge >= 0.3 is 5.97 Å². The maximum absolute atomic E-state index is 11.9. The lowest BCUT2D eigenvalue weighted by atomic mass is 9.79. The van der Waals surface area contributed by atoms with E-state index in [9.17, 15) is 10.1 Å². The van der Waals surface area contributed by atoms with E-state index in [0.29, 0.717) is 12.8 Å². The van der Waals surface area contributed by atoms with Crippen LogP contribution in [0.4, 0.5) is 0 Å². The van der Waals surface area contributed by atoms with Gasteiger partial charge in [-0.3, -0.25) is 4.79 Å². The van der Waals surface area contributed by atoms with Crippen molar-refractivity contribution in [2.24, 2.45) is 5.41 Å². The summed E-state index contributed by atoms with van der Waals surface area (Å²) in [4.78, 5) is 11.9. The van der Waals surface area contributed by atoms with Crippen LogP contribution in [0.25, 0.3) is 0 Å². The second kappa shape index (κ2) is 10.8. The number of carbonyl (C=O) groups is 1. The van der Waals surface area contributed by atoms with Crippen molar-refractivity contribution in [1.82, 2.24) is 0 Å². The maximum atomic E-state index is 11.9. The molecule has 0 unspecified atom stereocenters. The van der Waals surface area contributed by atoms with E-state index in [0.717, 1.165) is 38.5 Å². The number of nitrogens with zero attached hydrogens (tertiary/aromatic N) is 1. The van der Waals surface area contributed by atoms with Gasteiger partial charge in [0.1, 0.15) is 0 Å². The smallest absolute Gasteiger partial charge is 0.326 e. The summed E-state index contributed by atoms with van der Waals surface area (Å²) < 4.78 is 4.86. The molecule has 0 aliphatic carbocycles. The number of hydrogen-bond acceptors (Lipinski definition) is 3. The quantitative estimate of drug-likeness (QED) is 0.406. The zero-order chi connectivity index (χ0) is 14.6. The first kappa shape index (κ1) is 18.0. The minimum Gasteiger partial charge on any atom is -0.468 e. The van der Waals surface area contributed by atoms with Crippen LogP contribution in [0.5, 0.6) is 0 Å². The van der Waals surface area contributed by atoms with Crippen molar-refractivity contribution < 1.29 is 9.53 Å². The van der Waals surface area contributed by atoms with Crippen LogP contribution in [-0.4, -0.2) is 13.1 Å². The summed E-state index contributed by atoms with van der Waals surface area (Å²) in [6.07, 6.45) is 9.98. The van der Waals surface area contributed by atoms with Gasteiger partial charge in [-0.15, -0.1) is 0 Å². The Bertz CT molecular complexity index is 269. The monoisotopic (exact) mass is 267 g/mol. The first-order valence-electron chi connectivity index (χ1n) is 7.66. The van der Waals surface area contributed by atoms with E-state index in [1.54, 1.807) is 0 Å². The molecule has 0 aliphatic heterocycles. The first-order valence-corrected chi connectivity index (χ1v) is 7.66. The van der Waals surface area contributed by atoms with Crippen molar-refractivity contribution >= 4 is 5.97 Å². The molecule has 0 fully saturated rings. The number of esters is 1. The van der Waals surface area contributed by atoms with Crippen LogP contribution in [0.1, 0.15) is 78.1 Å². The Labute approximate surface area is 118 Å². The molecule has 0 aromatic carbocycles. The summed E-state index contributed by atoms with van der Waals surface area (Å²) in [7, 11) is 1.38. The molecular formula is C16H29NO2. The van der Waals surface area contributed by atoms with Crippen molar-refractivity contribution in [2.75, 3.05) is 7.11 Å². The molecule has 0 saturated carbocycles. The molecule has 0 aromatic heterocycles. The zero-order valence-electron chi connectivity index (χ0n) is 12.8. The van der Waals surface area contributed by atoms with Crippen LogP contribution >= 0.6 is 0 Å². The molecule has 0 saturated heterocycles. The third-order valence-corrected chi connectivity index (χ3v) is 3.70. The van der Waals surface area contributed by atoms with Crippen LogP contribution in [0.3, 0.4) is 0 Å². The fraction of sp³-hybridized carbons (Fsp3) is 0.875. The highest BCUT2D eigenvalue weighted by molar-refractivity contribution is 5.79. The Hall–Kier alpha value is -1.04. The molecule has 110 valence electrons. The summed E-state index contributed by atoms with van der Waals surface area (Å²) in [5.41, 5.74) is -0.907. The molecule has 3 nitrogen and oxygen atoms in total. The molecule has 0 rings (SSSR count). The molecular weight excluding hydrogens is 238 g/mol. The van der Waals surface area contributed by atoms with Gasteiger partial charge in [0, 0.05) is 0 Å². The van der Waals surface area contributed by atoms with E-state index >= 15 is 0 Å². The molecule has 0 spiro atoms. The van der Waals surface area contributed by atoms with E-state index in [1.807, 2.05) is 0 Å². The third kappa shape index (κ3) is 6.61. The van der Waals surface area contributed by atoms with Crippen LogP contribution in [0.15, 0.2) is 0 Å². The fourth-order valence-electron chi connectivity index (χ4n) is 2.39. The fourth-order valence-corrected chi connectivity index (χ4v) is 2.39. The summed E-state index contributed by atoms with van der Waals surface area (Å²) in [6, 6.07) is 2.25. The molecule has 0 heterocycles. The largest absolute Gasteiger partial charge is 0.468 e. The molecule has 0 atom stereocenters. The predicted molar refractivity (Wildman–Crippen MR) is 77.6 cm³/mol. The van der Waals surface area contributed by atoms with E-state index in [2.05, 4.69) is 19.9 Å². The number of rotatable bonds is 11. The van der Waals surface area contributed by atoms with Crippen molar-refractivity contribution in [3.63, 3.8) is 0 Å². The average molecular weight is 267 g/mol. The number of methoxy groups -OCH3 is 1. The van der Waals surface area contributed by atoms with E-state index < -0.39 is 5.41 Å². The third-order valence-electron chi connectivity index (χ3n) is 3.70. The average Bonchev–Trinajstić information content (AvgIpc) is 2.45. The van der Waals surface area contributed by atoms with Gasteiger partial charge in [-0.05, 0) is 12.8 Å². The second-order valence-corrected chi connectivity index (χ2v) is 5.31. The Morgan fingerprint density at radius 3 is 1.79 bits per heavy atom. The molecule has 0 aliphatic rings. The number of carbonyl (C=O) groups excluding carboxylic acids is 1. The van der Waals surface area contributed by atoms with Gasteiger partial charge in [0.2, 0.25) is 0 Å². The van der Waals surface area contributed by atoms with Crippen molar-refractivity contribution in [3.05, 3.63) is 0 Å². The lowest BCUT2D eigenvalue weighted by Gasteiger charge is -2.23. The Morgan fingerprint density at radius 1 is 1.00 bits per heavy atom. The summed E-state index contributed by atoms with van der Waals surface area (Å²) in [6.45, 7) is 4.31. The van der Waals surface area contributed by atoms with Crippen LogP contribution in [0.2, 0.25) is 0 Å². The highest BCUT2D eigenvalue weighted by atomic mass is 16.5. The molecule has 0 N–H and O–H groups in total. The van der Waals surface area contributed by atoms with Crippen molar-refractivity contribution in [3.8, 4) is 6.07 Å². The summed E-state index contributed by atoms with van der Waals surface area (Å²) in [5, 5.41) is 9.44. The number of unbranched alkanes of at least 4 members (excludes halogenated alkanes) is 6. The highest BCUT2D eigenvalue weighted by Crippen LogP contribution is 2.32. The lowest BCUT2D eigenvalue weighted by molar-refractivity contribution is -0.150. The SMILES string of the molecule is CCCCCCC(C#N)(CCCCCC)C(=O)OC. The van der Waals surface area contributed by atoms with Gasteiger partial charge in [0.05, 0.1) is 13.2 Å². The lowest BCUT2D eigenvalue weighted by Crippen LogP contribution is -2.31. The highest BCUT2D eigenvalue weighted by Gasteiger charge is 2.38.